The van der Waals surface area contributed by atoms with E-state index in [-0.39, 0.29) is 5.41 Å². The van der Waals surface area contributed by atoms with Crippen LogP contribution in [0.25, 0.3) is 0 Å². The molecule has 82 valence electrons. The first-order valence-electron chi connectivity index (χ1n) is 5.54. The summed E-state index contributed by atoms with van der Waals surface area (Å²) in [5, 5.41) is 0. The van der Waals surface area contributed by atoms with Crippen LogP contribution in [0.3, 0.4) is 0 Å². The summed E-state index contributed by atoms with van der Waals surface area (Å²) in [6, 6.07) is 10.5. The monoisotopic (exact) mass is 204 g/mol. The van der Waals surface area contributed by atoms with Gasteiger partial charge >= 0.3 is 0 Å². The molecular formula is C14H20O. The summed E-state index contributed by atoms with van der Waals surface area (Å²) in [4.78, 5) is 10.5. The molecule has 1 nitrogen and oxygen atoms in total. The Morgan fingerprint density at radius 2 is 1.87 bits per heavy atom. The van der Waals surface area contributed by atoms with Gasteiger partial charge in [0.2, 0.25) is 0 Å². The summed E-state index contributed by atoms with van der Waals surface area (Å²) >= 11 is 0. The van der Waals surface area contributed by atoms with Crippen LogP contribution in [0.1, 0.15) is 45.1 Å². The van der Waals surface area contributed by atoms with E-state index in [0.29, 0.717) is 12.3 Å². The summed E-state index contributed by atoms with van der Waals surface area (Å²) in [6.45, 7) is 6.53. The molecule has 0 saturated heterocycles. The van der Waals surface area contributed by atoms with Gasteiger partial charge in [-0.15, -0.1) is 0 Å². The van der Waals surface area contributed by atoms with Crippen molar-refractivity contribution in [2.24, 2.45) is 5.41 Å². The highest BCUT2D eigenvalue weighted by Gasteiger charge is 2.21. The van der Waals surface area contributed by atoms with Gasteiger partial charge in [-0.05, 0) is 23.3 Å². The van der Waals surface area contributed by atoms with Crippen molar-refractivity contribution in [2.75, 3.05) is 0 Å². The van der Waals surface area contributed by atoms with Crippen LogP contribution in [0.5, 0.6) is 0 Å². The summed E-state index contributed by atoms with van der Waals surface area (Å²) in [7, 11) is 0. The Kier molecular flexibility index (Phi) is 4.07. The number of rotatable bonds is 5. The van der Waals surface area contributed by atoms with E-state index < -0.39 is 0 Å². The molecule has 1 heteroatoms. The third-order valence-corrected chi connectivity index (χ3v) is 2.86. The third-order valence-electron chi connectivity index (χ3n) is 2.86. The van der Waals surface area contributed by atoms with Crippen LogP contribution in [-0.2, 0) is 4.79 Å². The molecule has 1 unspecified atom stereocenters. The lowest BCUT2D eigenvalue weighted by Crippen LogP contribution is -2.15. The maximum atomic E-state index is 10.5. The van der Waals surface area contributed by atoms with E-state index in [2.05, 4.69) is 45.0 Å². The van der Waals surface area contributed by atoms with Crippen LogP contribution >= 0.6 is 0 Å². The second-order valence-corrected chi connectivity index (χ2v) is 5.05. The standard InChI is InChI=1S/C14H20O/c1-12(11-14(2,3)9-10-15)13-7-5-4-6-8-13/h4-8,10,12H,9,11H2,1-3H3. The quantitative estimate of drug-likeness (QED) is 0.667. The van der Waals surface area contributed by atoms with Crippen LogP contribution in [0.15, 0.2) is 30.3 Å². The highest BCUT2D eigenvalue weighted by atomic mass is 16.1. The highest BCUT2D eigenvalue weighted by molar-refractivity contribution is 5.50. The van der Waals surface area contributed by atoms with Gasteiger partial charge in [0.05, 0.1) is 0 Å². The minimum Gasteiger partial charge on any atom is -0.303 e. The molecule has 1 rings (SSSR count). The third kappa shape index (κ3) is 3.86. The molecule has 0 aliphatic rings. The van der Waals surface area contributed by atoms with Crippen LogP contribution in [-0.4, -0.2) is 6.29 Å². The van der Waals surface area contributed by atoms with E-state index in [1.807, 2.05) is 6.07 Å². The van der Waals surface area contributed by atoms with Crippen molar-refractivity contribution in [1.29, 1.82) is 0 Å². The first-order valence-corrected chi connectivity index (χ1v) is 5.54. The van der Waals surface area contributed by atoms with Crippen LogP contribution < -0.4 is 0 Å². The fourth-order valence-corrected chi connectivity index (χ4v) is 2.04. The molecule has 1 aromatic carbocycles. The van der Waals surface area contributed by atoms with Gasteiger partial charge in [0.1, 0.15) is 6.29 Å². The molecule has 0 N–H and O–H groups in total. The van der Waals surface area contributed by atoms with E-state index in [9.17, 15) is 4.79 Å². The number of benzene rings is 1. The van der Waals surface area contributed by atoms with Gasteiger partial charge in [-0.3, -0.25) is 0 Å². The van der Waals surface area contributed by atoms with Crippen molar-refractivity contribution < 1.29 is 4.79 Å². The smallest absolute Gasteiger partial charge is 0.120 e. The van der Waals surface area contributed by atoms with Gasteiger partial charge in [0, 0.05) is 6.42 Å². The Morgan fingerprint density at radius 3 is 2.40 bits per heavy atom. The molecule has 0 fully saturated rings. The van der Waals surface area contributed by atoms with Gasteiger partial charge in [-0.1, -0.05) is 51.1 Å². The van der Waals surface area contributed by atoms with Crippen molar-refractivity contribution in [1.82, 2.24) is 0 Å². The van der Waals surface area contributed by atoms with Crippen LogP contribution in [0, 0.1) is 5.41 Å². The molecule has 0 spiro atoms. The molecule has 1 atom stereocenters. The second kappa shape index (κ2) is 5.11. The molecule has 0 aliphatic carbocycles. The first kappa shape index (κ1) is 12.0. The minimum atomic E-state index is 0.108. The van der Waals surface area contributed by atoms with Crippen molar-refractivity contribution in [3.8, 4) is 0 Å². The number of carbonyl (C=O) groups is 1. The normalized spacial score (nSPS) is 13.5. The zero-order valence-corrected chi connectivity index (χ0v) is 9.86. The van der Waals surface area contributed by atoms with Gasteiger partial charge in [0.25, 0.3) is 0 Å². The Labute approximate surface area is 92.5 Å². The van der Waals surface area contributed by atoms with Crippen molar-refractivity contribution in [2.45, 2.75) is 39.5 Å². The number of aldehydes is 1. The average Bonchev–Trinajstić information content (AvgIpc) is 2.18. The number of carbonyl (C=O) groups excluding carboxylic acids is 1. The second-order valence-electron chi connectivity index (χ2n) is 5.05. The molecule has 0 heterocycles. The van der Waals surface area contributed by atoms with Crippen molar-refractivity contribution >= 4 is 6.29 Å². The average molecular weight is 204 g/mol. The van der Waals surface area contributed by atoms with Crippen LogP contribution in [0.4, 0.5) is 0 Å². The van der Waals surface area contributed by atoms with Gasteiger partial charge in [-0.2, -0.15) is 0 Å². The van der Waals surface area contributed by atoms with Crippen molar-refractivity contribution in [3.63, 3.8) is 0 Å². The van der Waals surface area contributed by atoms with E-state index in [1.54, 1.807) is 0 Å². The van der Waals surface area contributed by atoms with Gasteiger partial charge < -0.3 is 4.79 Å². The molecule has 0 aliphatic heterocycles. The minimum absolute atomic E-state index is 0.108. The molecular weight excluding hydrogens is 184 g/mol. The van der Waals surface area contributed by atoms with E-state index >= 15 is 0 Å². The summed E-state index contributed by atoms with van der Waals surface area (Å²) in [5.41, 5.74) is 1.47. The fourth-order valence-electron chi connectivity index (χ4n) is 2.04. The summed E-state index contributed by atoms with van der Waals surface area (Å²) in [6.07, 6.45) is 2.72. The van der Waals surface area contributed by atoms with E-state index in [1.165, 1.54) is 5.56 Å². The highest BCUT2D eigenvalue weighted by Crippen LogP contribution is 2.33. The molecule has 0 radical (unpaired) electrons. The SMILES string of the molecule is CC(CC(C)(C)CC=O)c1ccccc1. The Balaban J connectivity index is 2.63. The molecule has 0 amide bonds. The lowest BCUT2D eigenvalue weighted by molar-refractivity contribution is -0.109. The number of hydrogen-bond acceptors (Lipinski definition) is 1. The zero-order valence-electron chi connectivity index (χ0n) is 9.86. The van der Waals surface area contributed by atoms with Crippen molar-refractivity contribution in [3.05, 3.63) is 35.9 Å². The maximum Gasteiger partial charge on any atom is 0.120 e. The lowest BCUT2D eigenvalue weighted by atomic mass is 9.79. The summed E-state index contributed by atoms with van der Waals surface area (Å²) in [5.74, 6) is 0.515. The predicted octanol–water partition coefficient (Wildman–Crippen LogP) is 3.80. The lowest BCUT2D eigenvalue weighted by Gasteiger charge is -2.26. The summed E-state index contributed by atoms with van der Waals surface area (Å²) < 4.78 is 0. The number of hydrogen-bond donors (Lipinski definition) is 0. The molecule has 0 saturated carbocycles. The van der Waals surface area contributed by atoms with Crippen LogP contribution in [0.2, 0.25) is 0 Å². The first-order chi connectivity index (χ1) is 7.05. The largest absolute Gasteiger partial charge is 0.303 e. The Morgan fingerprint density at radius 1 is 1.27 bits per heavy atom. The Hall–Kier alpha value is -1.11. The van der Waals surface area contributed by atoms with Gasteiger partial charge in [-0.25, -0.2) is 0 Å². The van der Waals surface area contributed by atoms with E-state index in [0.717, 1.165) is 12.7 Å². The van der Waals surface area contributed by atoms with E-state index in [4.69, 9.17) is 0 Å². The Bertz CT molecular complexity index is 300. The topological polar surface area (TPSA) is 17.1 Å². The zero-order chi connectivity index (χ0) is 11.3. The van der Waals surface area contributed by atoms with Gasteiger partial charge in [0.15, 0.2) is 0 Å². The molecule has 0 aromatic heterocycles. The molecule has 15 heavy (non-hydrogen) atoms. The predicted molar refractivity (Wildman–Crippen MR) is 63.9 cm³/mol. The molecule has 0 bridgehead atoms. The maximum absolute atomic E-state index is 10.5. The fraction of sp³-hybridized carbons (Fsp3) is 0.500. The molecule has 1 aromatic rings.